The third-order valence-electron chi connectivity index (χ3n) is 3.43. The van der Waals surface area contributed by atoms with E-state index in [2.05, 4.69) is 55.0 Å². The summed E-state index contributed by atoms with van der Waals surface area (Å²) in [6.45, 7) is 4.24. The number of hydrogen-bond donors (Lipinski definition) is 1. The molecule has 1 saturated heterocycles. The van der Waals surface area contributed by atoms with E-state index >= 15 is 0 Å². The first-order valence-corrected chi connectivity index (χ1v) is 7.64. The topological polar surface area (TPSA) is 29.3 Å². The molecular formula is C13H19Br2ClN2. The van der Waals surface area contributed by atoms with Gasteiger partial charge in [-0.05, 0) is 87.9 Å². The zero-order valence-electron chi connectivity index (χ0n) is 10.2. The average Bonchev–Trinajstić information content (AvgIpc) is 2.35. The van der Waals surface area contributed by atoms with Crippen LogP contribution in [-0.2, 0) is 6.54 Å². The number of nitrogens with two attached hydrogens (primary N) is 1. The number of likely N-dealkylation sites (tertiary alicyclic amines) is 1. The molecule has 0 radical (unpaired) electrons. The van der Waals surface area contributed by atoms with Crippen LogP contribution in [-0.4, -0.2) is 24.5 Å². The van der Waals surface area contributed by atoms with Gasteiger partial charge in [0.25, 0.3) is 0 Å². The largest absolute Gasteiger partial charge is 0.330 e. The van der Waals surface area contributed by atoms with E-state index in [1.807, 2.05) is 0 Å². The maximum Gasteiger partial charge on any atom is 0.0320 e. The van der Waals surface area contributed by atoms with Gasteiger partial charge in [-0.3, -0.25) is 4.90 Å². The Bertz CT molecular complexity index is 379. The van der Waals surface area contributed by atoms with Gasteiger partial charge in [0.2, 0.25) is 0 Å². The lowest BCUT2D eigenvalue weighted by Gasteiger charge is -2.31. The third-order valence-corrected chi connectivity index (χ3v) is 5.31. The second-order valence-corrected chi connectivity index (χ2v) is 6.41. The first kappa shape index (κ1) is 16.4. The Labute approximate surface area is 132 Å². The lowest BCUT2D eigenvalue weighted by atomic mass is 9.97. The van der Waals surface area contributed by atoms with Crippen molar-refractivity contribution >= 4 is 44.3 Å². The van der Waals surface area contributed by atoms with E-state index in [0.29, 0.717) is 0 Å². The van der Waals surface area contributed by atoms with Gasteiger partial charge in [-0.25, -0.2) is 0 Å². The molecule has 5 heteroatoms. The Kier molecular flexibility index (Phi) is 7.17. The van der Waals surface area contributed by atoms with Gasteiger partial charge in [-0.2, -0.15) is 0 Å². The SMILES string of the molecule is Cl.NCC1CCN(Cc2ccc(Br)c(Br)c2)CC1. The number of nitrogens with zero attached hydrogens (tertiary/aromatic N) is 1. The number of halogens is 3. The van der Waals surface area contributed by atoms with Crippen molar-refractivity contribution in [3.8, 4) is 0 Å². The summed E-state index contributed by atoms with van der Waals surface area (Å²) in [5, 5.41) is 0. The minimum Gasteiger partial charge on any atom is -0.330 e. The van der Waals surface area contributed by atoms with Crippen LogP contribution in [0.4, 0.5) is 0 Å². The minimum atomic E-state index is 0. The van der Waals surface area contributed by atoms with E-state index in [9.17, 15) is 0 Å². The van der Waals surface area contributed by atoms with Gasteiger partial charge < -0.3 is 5.73 Å². The van der Waals surface area contributed by atoms with Crippen molar-refractivity contribution in [2.45, 2.75) is 19.4 Å². The highest BCUT2D eigenvalue weighted by Crippen LogP contribution is 2.25. The van der Waals surface area contributed by atoms with Gasteiger partial charge in [-0.1, -0.05) is 6.07 Å². The van der Waals surface area contributed by atoms with Crippen LogP contribution in [0.3, 0.4) is 0 Å². The first-order valence-electron chi connectivity index (χ1n) is 6.05. The van der Waals surface area contributed by atoms with Crippen molar-refractivity contribution in [3.05, 3.63) is 32.7 Å². The normalized spacial score (nSPS) is 17.5. The molecule has 102 valence electrons. The summed E-state index contributed by atoms with van der Waals surface area (Å²) in [4.78, 5) is 2.52. The Morgan fingerprint density at radius 3 is 2.39 bits per heavy atom. The monoisotopic (exact) mass is 396 g/mol. The molecule has 0 atom stereocenters. The summed E-state index contributed by atoms with van der Waals surface area (Å²) in [6, 6.07) is 6.48. The molecule has 1 aromatic rings. The van der Waals surface area contributed by atoms with Crippen LogP contribution in [0.2, 0.25) is 0 Å². The molecule has 18 heavy (non-hydrogen) atoms. The van der Waals surface area contributed by atoms with E-state index in [4.69, 9.17) is 5.73 Å². The van der Waals surface area contributed by atoms with Crippen molar-refractivity contribution in [3.63, 3.8) is 0 Å². The molecule has 0 unspecified atom stereocenters. The Morgan fingerprint density at radius 1 is 1.17 bits per heavy atom. The standard InChI is InChI=1S/C13H18Br2N2.ClH/c14-12-2-1-11(7-13(12)15)9-17-5-3-10(8-16)4-6-17;/h1-2,7,10H,3-6,8-9,16H2;1H. The number of rotatable bonds is 3. The molecule has 1 aliphatic rings. The van der Waals surface area contributed by atoms with Crippen molar-refractivity contribution in [1.29, 1.82) is 0 Å². The minimum absolute atomic E-state index is 0. The summed E-state index contributed by atoms with van der Waals surface area (Å²) in [6.07, 6.45) is 2.49. The van der Waals surface area contributed by atoms with Crippen LogP contribution < -0.4 is 5.73 Å². The molecule has 0 saturated carbocycles. The van der Waals surface area contributed by atoms with Crippen molar-refractivity contribution < 1.29 is 0 Å². The van der Waals surface area contributed by atoms with Crippen LogP contribution in [0.25, 0.3) is 0 Å². The molecular weight excluding hydrogens is 379 g/mol. The third kappa shape index (κ3) is 4.49. The smallest absolute Gasteiger partial charge is 0.0320 e. The summed E-state index contributed by atoms with van der Waals surface area (Å²) in [5.41, 5.74) is 7.07. The predicted molar refractivity (Wildman–Crippen MR) is 86.1 cm³/mol. The second-order valence-electron chi connectivity index (χ2n) is 4.70. The van der Waals surface area contributed by atoms with Crippen LogP contribution in [0, 0.1) is 5.92 Å². The van der Waals surface area contributed by atoms with Crippen LogP contribution in [0.15, 0.2) is 27.1 Å². The van der Waals surface area contributed by atoms with E-state index in [-0.39, 0.29) is 12.4 Å². The molecule has 1 fully saturated rings. The Morgan fingerprint density at radius 2 is 1.83 bits per heavy atom. The highest BCUT2D eigenvalue weighted by molar-refractivity contribution is 9.13. The number of hydrogen-bond acceptors (Lipinski definition) is 2. The highest BCUT2D eigenvalue weighted by atomic mass is 79.9. The highest BCUT2D eigenvalue weighted by Gasteiger charge is 2.17. The molecule has 2 nitrogen and oxygen atoms in total. The van der Waals surface area contributed by atoms with Gasteiger partial charge in [0.05, 0.1) is 0 Å². The van der Waals surface area contributed by atoms with E-state index in [1.165, 1.54) is 31.5 Å². The number of benzene rings is 1. The molecule has 2 rings (SSSR count). The van der Waals surface area contributed by atoms with Crippen LogP contribution in [0.5, 0.6) is 0 Å². The lowest BCUT2D eigenvalue weighted by Crippen LogP contribution is -2.35. The first-order chi connectivity index (χ1) is 8.19. The molecule has 1 aliphatic heterocycles. The number of piperidine rings is 1. The lowest BCUT2D eigenvalue weighted by molar-refractivity contribution is 0.180. The zero-order valence-corrected chi connectivity index (χ0v) is 14.2. The molecule has 1 aromatic carbocycles. The van der Waals surface area contributed by atoms with E-state index in [0.717, 1.165) is 28.0 Å². The zero-order chi connectivity index (χ0) is 12.3. The van der Waals surface area contributed by atoms with Gasteiger partial charge in [-0.15, -0.1) is 12.4 Å². The molecule has 0 aromatic heterocycles. The Hall–Kier alpha value is 0.390. The summed E-state index contributed by atoms with van der Waals surface area (Å²) < 4.78 is 2.25. The van der Waals surface area contributed by atoms with Gasteiger partial charge in [0.15, 0.2) is 0 Å². The maximum absolute atomic E-state index is 5.71. The second kappa shape index (κ2) is 7.85. The van der Waals surface area contributed by atoms with Crippen LogP contribution in [0.1, 0.15) is 18.4 Å². The van der Waals surface area contributed by atoms with E-state index in [1.54, 1.807) is 0 Å². The van der Waals surface area contributed by atoms with Gasteiger partial charge >= 0.3 is 0 Å². The molecule has 0 spiro atoms. The molecule has 1 heterocycles. The molecule has 0 bridgehead atoms. The quantitative estimate of drug-likeness (QED) is 0.839. The molecule has 0 aliphatic carbocycles. The summed E-state index contributed by atoms with van der Waals surface area (Å²) >= 11 is 7.05. The van der Waals surface area contributed by atoms with Crippen molar-refractivity contribution in [1.82, 2.24) is 4.90 Å². The van der Waals surface area contributed by atoms with Crippen molar-refractivity contribution in [2.24, 2.45) is 11.7 Å². The van der Waals surface area contributed by atoms with Gasteiger partial charge in [0.1, 0.15) is 0 Å². The van der Waals surface area contributed by atoms with Crippen LogP contribution >= 0.6 is 44.3 Å². The van der Waals surface area contributed by atoms with E-state index < -0.39 is 0 Å². The van der Waals surface area contributed by atoms with Crippen molar-refractivity contribution in [2.75, 3.05) is 19.6 Å². The molecule has 0 amide bonds. The fourth-order valence-corrected chi connectivity index (χ4v) is 2.95. The van der Waals surface area contributed by atoms with Gasteiger partial charge in [0, 0.05) is 15.5 Å². The fourth-order valence-electron chi connectivity index (χ4n) is 2.28. The summed E-state index contributed by atoms with van der Waals surface area (Å²) in [7, 11) is 0. The Balaban J connectivity index is 0.00000162. The predicted octanol–water partition coefficient (Wildman–Crippen LogP) is 3.80. The summed E-state index contributed by atoms with van der Waals surface area (Å²) in [5.74, 6) is 0.739. The molecule has 2 N–H and O–H groups in total. The fraction of sp³-hybridized carbons (Fsp3) is 0.538. The average molecular weight is 399 g/mol. The maximum atomic E-state index is 5.71.